The van der Waals surface area contributed by atoms with Crippen LogP contribution >= 0.6 is 11.3 Å². The lowest BCUT2D eigenvalue weighted by atomic mass is 9.96. The standard InChI is InChI=1S/C21H23N7O2S/c22-11-13-15(12-3-1-2-4-14(12)23)16-17(24)18(31-21(16)27-19(13)25)20(29)26-5-6-28-7-9-30-10-8-28/h1-4H,5-10,23-24H2,(H2,25,27)(H,26,29). The first kappa shape index (κ1) is 20.9. The zero-order chi connectivity index (χ0) is 22.0. The zero-order valence-corrected chi connectivity index (χ0v) is 17.7. The molecule has 1 fully saturated rings. The molecule has 0 spiro atoms. The number of hydrogen-bond donors (Lipinski definition) is 4. The van der Waals surface area contributed by atoms with Crippen LogP contribution in [0.2, 0.25) is 0 Å². The number of pyridine rings is 1. The van der Waals surface area contributed by atoms with Crippen molar-refractivity contribution >= 4 is 44.7 Å². The summed E-state index contributed by atoms with van der Waals surface area (Å²) in [5, 5.41) is 13.2. The van der Waals surface area contributed by atoms with Crippen LogP contribution in [0.1, 0.15) is 15.2 Å². The van der Waals surface area contributed by atoms with E-state index in [1.807, 2.05) is 6.07 Å². The lowest BCUT2D eigenvalue weighted by Gasteiger charge is -2.26. The summed E-state index contributed by atoms with van der Waals surface area (Å²) in [6.07, 6.45) is 0. The van der Waals surface area contributed by atoms with Crippen molar-refractivity contribution in [1.29, 1.82) is 5.26 Å². The number of amides is 1. The minimum Gasteiger partial charge on any atom is -0.398 e. The van der Waals surface area contributed by atoms with Gasteiger partial charge in [0.25, 0.3) is 5.91 Å². The first-order valence-corrected chi connectivity index (χ1v) is 10.7. The molecule has 1 saturated heterocycles. The summed E-state index contributed by atoms with van der Waals surface area (Å²) >= 11 is 1.15. The molecule has 0 atom stereocenters. The van der Waals surface area contributed by atoms with Crippen molar-refractivity contribution in [1.82, 2.24) is 15.2 Å². The van der Waals surface area contributed by atoms with Gasteiger partial charge in [-0.3, -0.25) is 9.69 Å². The number of fused-ring (bicyclic) bond motifs is 1. The van der Waals surface area contributed by atoms with E-state index in [9.17, 15) is 10.1 Å². The fourth-order valence-corrected chi connectivity index (χ4v) is 4.71. The van der Waals surface area contributed by atoms with Gasteiger partial charge in [-0.2, -0.15) is 5.26 Å². The van der Waals surface area contributed by atoms with Gasteiger partial charge in [0.1, 0.15) is 27.2 Å². The molecule has 7 N–H and O–H groups in total. The van der Waals surface area contributed by atoms with Crippen molar-refractivity contribution < 1.29 is 9.53 Å². The predicted molar refractivity (Wildman–Crippen MR) is 123 cm³/mol. The molecule has 0 aliphatic carbocycles. The second kappa shape index (κ2) is 8.77. The highest BCUT2D eigenvalue weighted by Gasteiger charge is 2.25. The normalized spacial score (nSPS) is 14.4. The molecule has 1 amide bonds. The average molecular weight is 438 g/mol. The lowest BCUT2D eigenvalue weighted by molar-refractivity contribution is 0.0383. The number of thiophene rings is 1. The average Bonchev–Trinajstić information content (AvgIpc) is 3.10. The van der Waals surface area contributed by atoms with Gasteiger partial charge in [-0.25, -0.2) is 4.98 Å². The number of benzene rings is 1. The molecule has 3 heterocycles. The van der Waals surface area contributed by atoms with E-state index in [-0.39, 0.29) is 23.0 Å². The van der Waals surface area contributed by atoms with Gasteiger partial charge in [-0.05, 0) is 6.07 Å². The molecular formula is C21H23N7O2S. The molecule has 2 aromatic heterocycles. The molecule has 1 aromatic carbocycles. The topological polar surface area (TPSA) is 156 Å². The number of nitrogen functional groups attached to an aromatic ring is 3. The van der Waals surface area contributed by atoms with E-state index >= 15 is 0 Å². The molecular weight excluding hydrogens is 414 g/mol. The van der Waals surface area contributed by atoms with E-state index in [1.54, 1.807) is 18.2 Å². The van der Waals surface area contributed by atoms with Crippen LogP contribution in [0.25, 0.3) is 21.3 Å². The number of anilines is 3. The van der Waals surface area contributed by atoms with Crippen LogP contribution in [0.4, 0.5) is 17.2 Å². The minimum atomic E-state index is -0.280. The number of carbonyl (C=O) groups is 1. The van der Waals surface area contributed by atoms with Gasteiger partial charge in [-0.15, -0.1) is 11.3 Å². The quantitative estimate of drug-likeness (QED) is 0.439. The number of nitriles is 1. The molecule has 3 aromatic rings. The molecule has 10 heteroatoms. The molecule has 4 rings (SSSR count). The highest BCUT2D eigenvalue weighted by atomic mass is 32.1. The van der Waals surface area contributed by atoms with Crippen molar-refractivity contribution in [2.24, 2.45) is 0 Å². The molecule has 1 aliphatic heterocycles. The highest BCUT2D eigenvalue weighted by molar-refractivity contribution is 7.21. The fourth-order valence-electron chi connectivity index (χ4n) is 3.68. The van der Waals surface area contributed by atoms with Gasteiger partial charge < -0.3 is 27.3 Å². The van der Waals surface area contributed by atoms with Gasteiger partial charge >= 0.3 is 0 Å². The number of nitrogens with one attached hydrogen (secondary N) is 1. The van der Waals surface area contributed by atoms with Crippen LogP contribution in [0.3, 0.4) is 0 Å². The van der Waals surface area contributed by atoms with Gasteiger partial charge in [0.15, 0.2) is 0 Å². The number of ether oxygens (including phenoxy) is 1. The van der Waals surface area contributed by atoms with Crippen molar-refractivity contribution in [3.05, 3.63) is 34.7 Å². The number of carbonyl (C=O) groups excluding carboxylic acids is 1. The monoisotopic (exact) mass is 437 g/mol. The Labute approximate surface area is 183 Å². The molecule has 160 valence electrons. The first-order valence-electron chi connectivity index (χ1n) is 9.86. The summed E-state index contributed by atoms with van der Waals surface area (Å²) in [5.41, 5.74) is 20.7. The minimum absolute atomic E-state index is 0.0776. The summed E-state index contributed by atoms with van der Waals surface area (Å²) in [7, 11) is 0. The van der Waals surface area contributed by atoms with Crippen LogP contribution in [0.15, 0.2) is 24.3 Å². The van der Waals surface area contributed by atoms with E-state index in [0.717, 1.165) is 31.0 Å². The van der Waals surface area contributed by atoms with Crippen LogP contribution in [-0.2, 0) is 4.74 Å². The van der Waals surface area contributed by atoms with E-state index in [0.29, 0.717) is 51.7 Å². The number of nitrogens with zero attached hydrogens (tertiary/aromatic N) is 3. The molecule has 1 aliphatic rings. The van der Waals surface area contributed by atoms with Crippen LogP contribution in [-0.4, -0.2) is 55.2 Å². The second-order valence-electron chi connectivity index (χ2n) is 7.18. The number of nitrogens with two attached hydrogens (primary N) is 3. The number of morpholine rings is 1. The van der Waals surface area contributed by atoms with E-state index in [4.69, 9.17) is 21.9 Å². The smallest absolute Gasteiger partial charge is 0.263 e. The Kier molecular flexibility index (Phi) is 5.90. The number of aromatic nitrogens is 1. The molecule has 0 saturated carbocycles. The summed E-state index contributed by atoms with van der Waals surface area (Å²) in [6.45, 7) is 4.33. The Morgan fingerprint density at radius 3 is 2.71 bits per heavy atom. The number of hydrogen-bond acceptors (Lipinski definition) is 9. The second-order valence-corrected chi connectivity index (χ2v) is 8.18. The van der Waals surface area contributed by atoms with Crippen molar-refractivity contribution in [3.63, 3.8) is 0 Å². The Hall–Kier alpha value is -3.39. The third kappa shape index (κ3) is 3.98. The molecule has 0 unspecified atom stereocenters. The summed E-state index contributed by atoms with van der Waals surface area (Å²) in [4.78, 5) is 20.3. The number of para-hydroxylation sites is 1. The maximum absolute atomic E-state index is 12.9. The van der Waals surface area contributed by atoms with Crippen LogP contribution in [0, 0.1) is 11.3 Å². The summed E-state index contributed by atoms with van der Waals surface area (Å²) < 4.78 is 5.34. The Morgan fingerprint density at radius 2 is 2.00 bits per heavy atom. The molecule has 0 radical (unpaired) electrons. The zero-order valence-electron chi connectivity index (χ0n) is 16.9. The van der Waals surface area contributed by atoms with Crippen molar-refractivity contribution in [2.75, 3.05) is 56.6 Å². The molecule has 0 bridgehead atoms. The van der Waals surface area contributed by atoms with Crippen molar-refractivity contribution in [2.45, 2.75) is 0 Å². The predicted octanol–water partition coefficient (Wildman–Crippen LogP) is 1.64. The Morgan fingerprint density at radius 1 is 1.26 bits per heavy atom. The van der Waals surface area contributed by atoms with E-state index in [1.165, 1.54) is 0 Å². The Balaban J connectivity index is 1.70. The number of rotatable bonds is 5. The highest BCUT2D eigenvalue weighted by Crippen LogP contribution is 2.43. The van der Waals surface area contributed by atoms with Gasteiger partial charge in [0, 0.05) is 48.4 Å². The van der Waals surface area contributed by atoms with Crippen LogP contribution < -0.4 is 22.5 Å². The van der Waals surface area contributed by atoms with Crippen LogP contribution in [0.5, 0.6) is 0 Å². The van der Waals surface area contributed by atoms with Gasteiger partial charge in [0.2, 0.25) is 0 Å². The van der Waals surface area contributed by atoms with Gasteiger partial charge in [0.05, 0.1) is 18.9 Å². The molecule has 31 heavy (non-hydrogen) atoms. The maximum Gasteiger partial charge on any atom is 0.263 e. The summed E-state index contributed by atoms with van der Waals surface area (Å²) in [5.74, 6) is -0.202. The fraction of sp³-hybridized carbons (Fsp3) is 0.286. The maximum atomic E-state index is 12.9. The van der Waals surface area contributed by atoms with E-state index in [2.05, 4.69) is 21.3 Å². The van der Waals surface area contributed by atoms with Gasteiger partial charge in [-0.1, -0.05) is 18.2 Å². The van der Waals surface area contributed by atoms with Crippen molar-refractivity contribution in [3.8, 4) is 17.2 Å². The molecule has 9 nitrogen and oxygen atoms in total. The lowest BCUT2D eigenvalue weighted by Crippen LogP contribution is -2.41. The van der Waals surface area contributed by atoms with E-state index < -0.39 is 0 Å². The third-order valence-corrected chi connectivity index (χ3v) is 6.37. The summed E-state index contributed by atoms with van der Waals surface area (Å²) in [6, 6.07) is 9.26. The third-order valence-electron chi connectivity index (χ3n) is 5.27. The Bertz CT molecular complexity index is 1180. The SMILES string of the molecule is N#Cc1c(N)nc2sc(C(=O)NCCN3CCOCC3)c(N)c2c1-c1ccccc1N. The largest absolute Gasteiger partial charge is 0.398 e. The first-order chi connectivity index (χ1) is 15.0.